The maximum atomic E-state index is 10.9. The van der Waals surface area contributed by atoms with E-state index < -0.39 is 10.5 Å². The van der Waals surface area contributed by atoms with Crippen molar-refractivity contribution in [3.05, 3.63) is 51.6 Å². The van der Waals surface area contributed by atoms with Crippen LogP contribution in [0.3, 0.4) is 0 Å². The van der Waals surface area contributed by atoms with Crippen LogP contribution in [0.4, 0.5) is 11.5 Å². The molecule has 0 unspecified atom stereocenters. The summed E-state index contributed by atoms with van der Waals surface area (Å²) in [5.41, 5.74) is -0.716. The van der Waals surface area contributed by atoms with Crippen LogP contribution in [-0.2, 0) is 5.60 Å². The minimum Gasteiger partial charge on any atom is -0.466 e. The highest BCUT2D eigenvalue weighted by molar-refractivity contribution is 5.55. The third-order valence-corrected chi connectivity index (χ3v) is 3.20. The Morgan fingerprint density at radius 3 is 2.81 bits per heavy atom. The van der Waals surface area contributed by atoms with Crippen LogP contribution in [0.25, 0.3) is 0 Å². The van der Waals surface area contributed by atoms with Gasteiger partial charge in [0.1, 0.15) is 17.1 Å². The topological polar surface area (TPSA) is 101 Å². The number of aliphatic hydroxyl groups is 1. The molecule has 0 saturated carbocycles. The van der Waals surface area contributed by atoms with Crippen LogP contribution in [0, 0.1) is 24.0 Å². The summed E-state index contributed by atoms with van der Waals surface area (Å²) in [6, 6.07) is 4.60. The molecule has 2 rings (SSSR count). The number of pyridine rings is 1. The Hall–Kier alpha value is -2.41. The molecule has 2 aromatic heterocycles. The minimum atomic E-state index is -1.23. The Labute approximate surface area is 121 Å². The summed E-state index contributed by atoms with van der Waals surface area (Å²) in [6.07, 6.45) is 1.46. The van der Waals surface area contributed by atoms with Crippen molar-refractivity contribution in [2.75, 3.05) is 11.9 Å². The molecule has 0 spiro atoms. The summed E-state index contributed by atoms with van der Waals surface area (Å²) < 4.78 is 5.40. The highest BCUT2D eigenvalue weighted by Gasteiger charge is 2.28. The number of rotatable bonds is 5. The SMILES string of the molecule is Cc1cc([C@](C)(O)CNc2ncccc2[N+](=O)[O-])c(C)o1. The summed E-state index contributed by atoms with van der Waals surface area (Å²) in [7, 11) is 0. The van der Waals surface area contributed by atoms with Gasteiger partial charge in [-0.05, 0) is 32.9 Å². The fourth-order valence-corrected chi connectivity index (χ4v) is 2.20. The average molecular weight is 291 g/mol. The number of nitro groups is 1. The zero-order valence-electron chi connectivity index (χ0n) is 12.1. The first-order valence-electron chi connectivity index (χ1n) is 6.44. The highest BCUT2D eigenvalue weighted by atomic mass is 16.6. The van der Waals surface area contributed by atoms with Gasteiger partial charge in [0.25, 0.3) is 0 Å². The predicted octanol–water partition coefficient (Wildman–Crippen LogP) is 2.52. The van der Waals surface area contributed by atoms with Gasteiger partial charge in [-0.15, -0.1) is 0 Å². The fraction of sp³-hybridized carbons (Fsp3) is 0.357. The van der Waals surface area contributed by atoms with Crippen molar-refractivity contribution in [2.45, 2.75) is 26.4 Å². The summed E-state index contributed by atoms with van der Waals surface area (Å²) >= 11 is 0. The van der Waals surface area contributed by atoms with Crippen molar-refractivity contribution in [2.24, 2.45) is 0 Å². The monoisotopic (exact) mass is 291 g/mol. The Morgan fingerprint density at radius 1 is 1.52 bits per heavy atom. The Kier molecular flexibility index (Phi) is 3.95. The molecule has 2 heterocycles. The van der Waals surface area contributed by atoms with Gasteiger partial charge in [0.15, 0.2) is 0 Å². The van der Waals surface area contributed by atoms with Gasteiger partial charge in [-0.25, -0.2) is 4.98 Å². The van der Waals surface area contributed by atoms with E-state index in [9.17, 15) is 15.2 Å². The van der Waals surface area contributed by atoms with Crippen molar-refractivity contribution in [3.63, 3.8) is 0 Å². The van der Waals surface area contributed by atoms with Gasteiger partial charge in [-0.3, -0.25) is 10.1 Å². The molecule has 0 radical (unpaired) electrons. The molecule has 2 N–H and O–H groups in total. The van der Waals surface area contributed by atoms with E-state index in [1.54, 1.807) is 26.8 Å². The molecule has 0 saturated heterocycles. The molecule has 0 amide bonds. The number of nitrogens with zero attached hydrogens (tertiary/aromatic N) is 2. The number of hydrogen-bond donors (Lipinski definition) is 2. The number of anilines is 1. The number of aromatic nitrogens is 1. The second-order valence-electron chi connectivity index (χ2n) is 5.08. The van der Waals surface area contributed by atoms with Crippen molar-refractivity contribution in [1.29, 1.82) is 0 Å². The molecular formula is C14H17N3O4. The van der Waals surface area contributed by atoms with E-state index in [4.69, 9.17) is 4.42 Å². The van der Waals surface area contributed by atoms with Crippen molar-refractivity contribution >= 4 is 11.5 Å². The Balaban J connectivity index is 2.19. The van der Waals surface area contributed by atoms with Gasteiger partial charge in [-0.1, -0.05) is 0 Å². The molecule has 21 heavy (non-hydrogen) atoms. The normalized spacial score (nSPS) is 13.7. The molecule has 0 aliphatic heterocycles. The van der Waals surface area contributed by atoms with Crippen molar-refractivity contribution in [1.82, 2.24) is 4.98 Å². The van der Waals surface area contributed by atoms with Crippen LogP contribution >= 0.6 is 0 Å². The molecule has 0 bridgehead atoms. The molecule has 0 fully saturated rings. The van der Waals surface area contributed by atoms with E-state index in [0.29, 0.717) is 17.1 Å². The van der Waals surface area contributed by atoms with Gasteiger partial charge >= 0.3 is 5.69 Å². The van der Waals surface area contributed by atoms with E-state index in [-0.39, 0.29) is 18.1 Å². The zero-order valence-corrected chi connectivity index (χ0v) is 12.1. The zero-order chi connectivity index (χ0) is 15.6. The van der Waals surface area contributed by atoms with E-state index in [2.05, 4.69) is 10.3 Å². The Bertz CT molecular complexity index is 664. The number of nitrogens with one attached hydrogen (secondary N) is 1. The van der Waals surface area contributed by atoms with Gasteiger partial charge in [0.05, 0.1) is 4.92 Å². The number of furan rings is 1. The minimum absolute atomic E-state index is 0.0741. The van der Waals surface area contributed by atoms with E-state index in [1.807, 2.05) is 0 Å². The summed E-state index contributed by atoms with van der Waals surface area (Å²) in [6.45, 7) is 5.25. The average Bonchev–Trinajstić information content (AvgIpc) is 2.76. The lowest BCUT2D eigenvalue weighted by molar-refractivity contribution is -0.384. The largest absolute Gasteiger partial charge is 0.466 e. The van der Waals surface area contributed by atoms with Crippen LogP contribution in [0.2, 0.25) is 0 Å². The van der Waals surface area contributed by atoms with E-state index >= 15 is 0 Å². The summed E-state index contributed by atoms with van der Waals surface area (Å²) in [5.74, 6) is 1.45. The molecule has 0 aliphatic rings. The molecule has 112 valence electrons. The van der Waals surface area contributed by atoms with Crippen LogP contribution in [0.1, 0.15) is 24.0 Å². The second kappa shape index (κ2) is 5.53. The second-order valence-corrected chi connectivity index (χ2v) is 5.08. The van der Waals surface area contributed by atoms with Gasteiger partial charge in [0.2, 0.25) is 5.82 Å². The van der Waals surface area contributed by atoms with Crippen LogP contribution in [-0.4, -0.2) is 21.6 Å². The smallest absolute Gasteiger partial charge is 0.311 e. The quantitative estimate of drug-likeness (QED) is 0.648. The van der Waals surface area contributed by atoms with Gasteiger partial charge in [0, 0.05) is 24.4 Å². The lowest BCUT2D eigenvalue weighted by Crippen LogP contribution is -2.31. The molecule has 7 heteroatoms. The first-order valence-corrected chi connectivity index (χ1v) is 6.44. The molecule has 1 atom stereocenters. The number of hydrogen-bond acceptors (Lipinski definition) is 6. The fourth-order valence-electron chi connectivity index (χ4n) is 2.20. The summed E-state index contributed by atoms with van der Waals surface area (Å²) in [4.78, 5) is 14.3. The van der Waals surface area contributed by atoms with Crippen LogP contribution < -0.4 is 5.32 Å². The molecule has 2 aromatic rings. The first kappa shape index (κ1) is 15.0. The van der Waals surface area contributed by atoms with Gasteiger partial charge in [-0.2, -0.15) is 0 Å². The Morgan fingerprint density at radius 2 is 2.24 bits per heavy atom. The third kappa shape index (κ3) is 3.19. The molecule has 0 aromatic carbocycles. The predicted molar refractivity (Wildman–Crippen MR) is 77.1 cm³/mol. The van der Waals surface area contributed by atoms with E-state index in [0.717, 1.165) is 0 Å². The van der Waals surface area contributed by atoms with Crippen molar-refractivity contribution < 1.29 is 14.4 Å². The lowest BCUT2D eigenvalue weighted by Gasteiger charge is -2.23. The first-order chi connectivity index (χ1) is 9.81. The summed E-state index contributed by atoms with van der Waals surface area (Å²) in [5, 5.41) is 24.3. The maximum Gasteiger partial charge on any atom is 0.311 e. The van der Waals surface area contributed by atoms with Crippen molar-refractivity contribution in [3.8, 4) is 0 Å². The molecule has 0 aliphatic carbocycles. The molecular weight excluding hydrogens is 274 g/mol. The molecule has 7 nitrogen and oxygen atoms in total. The van der Waals surface area contributed by atoms with E-state index in [1.165, 1.54) is 18.3 Å². The van der Waals surface area contributed by atoms with Crippen LogP contribution in [0.15, 0.2) is 28.8 Å². The third-order valence-electron chi connectivity index (χ3n) is 3.20. The van der Waals surface area contributed by atoms with Gasteiger partial charge < -0.3 is 14.8 Å². The number of aryl methyl sites for hydroxylation is 2. The standard InChI is InChI=1S/C14H17N3O4/c1-9-7-11(10(2)21-9)14(3,18)8-16-13-12(17(19)20)5-4-6-15-13/h4-7,18H,8H2,1-3H3,(H,15,16)/t14-/m1/s1. The lowest BCUT2D eigenvalue weighted by atomic mass is 9.96. The van der Waals surface area contributed by atoms with Crippen LogP contribution in [0.5, 0.6) is 0 Å². The maximum absolute atomic E-state index is 10.9. The highest BCUT2D eigenvalue weighted by Crippen LogP contribution is 2.28.